The van der Waals surface area contributed by atoms with Crippen LogP contribution in [0.2, 0.25) is 5.02 Å². The zero-order valence-corrected chi connectivity index (χ0v) is 14.6. The minimum atomic E-state index is 0.557. The molecule has 124 valence electrons. The number of halogens is 1. The smallest absolute Gasteiger partial charge is 0.224 e. The Balaban J connectivity index is 2.07. The highest BCUT2D eigenvalue weighted by Crippen LogP contribution is 2.28. The number of aryl methyl sites for hydroxylation is 1. The summed E-state index contributed by atoms with van der Waals surface area (Å²) in [7, 11) is 1.60. The van der Waals surface area contributed by atoms with Crippen molar-refractivity contribution in [2.45, 2.75) is 33.1 Å². The molecule has 0 unspecified atom stereocenters. The lowest BCUT2D eigenvalue weighted by molar-refractivity contribution is 0.415. The van der Waals surface area contributed by atoms with Crippen LogP contribution in [-0.2, 0) is 0 Å². The summed E-state index contributed by atoms with van der Waals surface area (Å²) in [6.45, 7) is 5.02. The Hall–Kier alpha value is -2.01. The van der Waals surface area contributed by atoms with Gasteiger partial charge < -0.3 is 15.4 Å². The van der Waals surface area contributed by atoms with Crippen LogP contribution in [0.3, 0.4) is 0 Å². The van der Waals surface area contributed by atoms with E-state index in [2.05, 4.69) is 27.5 Å². The number of ether oxygens (including phenoxy) is 1. The maximum Gasteiger partial charge on any atom is 0.224 e. The molecule has 0 aliphatic heterocycles. The number of unbranched alkanes of at least 4 members (excludes halogenated alkanes) is 2. The molecule has 0 saturated carbocycles. The largest absolute Gasteiger partial charge is 0.495 e. The van der Waals surface area contributed by atoms with Gasteiger partial charge in [-0.25, -0.2) is 4.98 Å². The van der Waals surface area contributed by atoms with Gasteiger partial charge in [0.1, 0.15) is 11.6 Å². The molecule has 6 heteroatoms. The van der Waals surface area contributed by atoms with Crippen LogP contribution in [0.5, 0.6) is 5.75 Å². The maximum absolute atomic E-state index is 6.15. The molecule has 0 atom stereocenters. The third-order valence-electron chi connectivity index (χ3n) is 3.34. The van der Waals surface area contributed by atoms with E-state index in [1.807, 2.05) is 31.2 Å². The number of hydrogen-bond acceptors (Lipinski definition) is 5. The predicted molar refractivity (Wildman–Crippen MR) is 96.1 cm³/mol. The summed E-state index contributed by atoms with van der Waals surface area (Å²) in [5.41, 5.74) is 1.76. The molecule has 1 aromatic carbocycles. The highest BCUT2D eigenvalue weighted by molar-refractivity contribution is 6.32. The van der Waals surface area contributed by atoms with E-state index in [1.165, 1.54) is 12.8 Å². The fourth-order valence-corrected chi connectivity index (χ4v) is 2.44. The van der Waals surface area contributed by atoms with Gasteiger partial charge in [-0.05, 0) is 31.5 Å². The number of hydrogen-bond donors (Lipinski definition) is 2. The van der Waals surface area contributed by atoms with Gasteiger partial charge in [0.25, 0.3) is 0 Å². The van der Waals surface area contributed by atoms with E-state index in [1.54, 1.807) is 7.11 Å². The average molecular weight is 335 g/mol. The second-order valence-electron chi connectivity index (χ2n) is 5.33. The summed E-state index contributed by atoms with van der Waals surface area (Å²) in [6.07, 6.45) is 3.51. The SMILES string of the molecule is CCCCCNc1nc(C)cc(Nc2ccc(OC)c(Cl)c2)n1. The van der Waals surface area contributed by atoms with Gasteiger partial charge in [-0.3, -0.25) is 0 Å². The first-order valence-corrected chi connectivity index (χ1v) is 8.20. The van der Waals surface area contributed by atoms with Crippen LogP contribution < -0.4 is 15.4 Å². The standard InChI is InChI=1S/C17H23ClN4O/c1-4-5-6-9-19-17-20-12(2)10-16(22-17)21-13-7-8-15(23-3)14(18)11-13/h7-8,10-11H,4-6,9H2,1-3H3,(H2,19,20,21,22). The van der Waals surface area contributed by atoms with E-state index >= 15 is 0 Å². The lowest BCUT2D eigenvalue weighted by atomic mass is 10.2. The summed E-state index contributed by atoms with van der Waals surface area (Å²) in [4.78, 5) is 8.90. The van der Waals surface area contributed by atoms with Gasteiger partial charge in [0.2, 0.25) is 5.95 Å². The number of nitrogens with zero attached hydrogens (tertiary/aromatic N) is 2. The highest BCUT2D eigenvalue weighted by atomic mass is 35.5. The van der Waals surface area contributed by atoms with Gasteiger partial charge >= 0.3 is 0 Å². The van der Waals surface area contributed by atoms with Gasteiger partial charge in [-0.1, -0.05) is 31.4 Å². The molecule has 0 bridgehead atoms. The van der Waals surface area contributed by atoms with Crippen LogP contribution >= 0.6 is 11.6 Å². The second kappa shape index (κ2) is 8.58. The Morgan fingerprint density at radius 2 is 2.00 bits per heavy atom. The van der Waals surface area contributed by atoms with Crippen LogP contribution in [-0.4, -0.2) is 23.6 Å². The Morgan fingerprint density at radius 1 is 1.17 bits per heavy atom. The fourth-order valence-electron chi connectivity index (χ4n) is 2.18. The molecular formula is C17H23ClN4O. The van der Waals surface area contributed by atoms with E-state index < -0.39 is 0 Å². The van der Waals surface area contributed by atoms with Gasteiger partial charge in [0.15, 0.2) is 0 Å². The zero-order valence-electron chi connectivity index (χ0n) is 13.8. The molecule has 0 aliphatic carbocycles. The van der Waals surface area contributed by atoms with Gasteiger partial charge in [0, 0.05) is 24.0 Å². The van der Waals surface area contributed by atoms with Crippen molar-refractivity contribution >= 4 is 29.1 Å². The van der Waals surface area contributed by atoms with E-state index in [-0.39, 0.29) is 0 Å². The van der Waals surface area contributed by atoms with Gasteiger partial charge in [-0.15, -0.1) is 0 Å². The normalized spacial score (nSPS) is 10.4. The molecule has 0 aliphatic rings. The Bertz CT molecular complexity index is 648. The average Bonchev–Trinajstić information content (AvgIpc) is 2.51. The monoisotopic (exact) mass is 334 g/mol. The van der Waals surface area contributed by atoms with Crippen molar-refractivity contribution in [3.63, 3.8) is 0 Å². The molecule has 23 heavy (non-hydrogen) atoms. The molecule has 0 saturated heterocycles. The minimum Gasteiger partial charge on any atom is -0.495 e. The van der Waals surface area contributed by atoms with Crippen molar-refractivity contribution in [1.29, 1.82) is 0 Å². The summed E-state index contributed by atoms with van der Waals surface area (Å²) in [5.74, 6) is 2.02. The Labute approximate surface area is 142 Å². The van der Waals surface area contributed by atoms with Crippen LogP contribution in [0.25, 0.3) is 0 Å². The Morgan fingerprint density at radius 3 is 2.70 bits per heavy atom. The third-order valence-corrected chi connectivity index (χ3v) is 3.64. The first-order valence-electron chi connectivity index (χ1n) is 7.82. The maximum atomic E-state index is 6.15. The molecule has 2 aromatic rings. The molecule has 0 amide bonds. The molecule has 0 spiro atoms. The first kappa shape index (κ1) is 17.3. The third kappa shape index (κ3) is 5.28. The van der Waals surface area contributed by atoms with Gasteiger partial charge in [0.05, 0.1) is 12.1 Å². The molecule has 2 rings (SSSR count). The molecule has 2 N–H and O–H groups in total. The summed E-state index contributed by atoms with van der Waals surface area (Å²) >= 11 is 6.15. The molecule has 0 fully saturated rings. The molecule has 0 radical (unpaired) electrons. The van der Waals surface area contributed by atoms with E-state index in [0.29, 0.717) is 16.7 Å². The van der Waals surface area contributed by atoms with Crippen LogP contribution in [0.1, 0.15) is 31.9 Å². The van der Waals surface area contributed by atoms with E-state index in [0.717, 1.165) is 30.2 Å². The van der Waals surface area contributed by atoms with E-state index in [4.69, 9.17) is 16.3 Å². The van der Waals surface area contributed by atoms with Crippen LogP contribution in [0.4, 0.5) is 17.5 Å². The number of anilines is 3. The number of methoxy groups -OCH3 is 1. The molecular weight excluding hydrogens is 312 g/mol. The summed E-state index contributed by atoms with van der Waals surface area (Å²) < 4.78 is 5.16. The van der Waals surface area contributed by atoms with Crippen molar-refractivity contribution in [3.8, 4) is 5.75 Å². The number of rotatable bonds is 8. The highest BCUT2D eigenvalue weighted by Gasteiger charge is 2.05. The lowest BCUT2D eigenvalue weighted by Gasteiger charge is -2.11. The quantitative estimate of drug-likeness (QED) is 0.679. The topological polar surface area (TPSA) is 59.1 Å². The molecule has 1 aromatic heterocycles. The van der Waals surface area contributed by atoms with Crippen molar-refractivity contribution in [3.05, 3.63) is 35.0 Å². The lowest BCUT2D eigenvalue weighted by Crippen LogP contribution is -2.07. The number of benzene rings is 1. The van der Waals surface area contributed by atoms with Crippen molar-refractivity contribution in [1.82, 2.24) is 9.97 Å². The summed E-state index contributed by atoms with van der Waals surface area (Å²) in [5, 5.41) is 7.07. The molecule has 5 nitrogen and oxygen atoms in total. The number of aromatic nitrogens is 2. The van der Waals surface area contributed by atoms with Crippen molar-refractivity contribution in [2.75, 3.05) is 24.3 Å². The summed E-state index contributed by atoms with van der Waals surface area (Å²) in [6, 6.07) is 7.43. The Kier molecular flexibility index (Phi) is 6.47. The van der Waals surface area contributed by atoms with Gasteiger partial charge in [-0.2, -0.15) is 4.98 Å². The molecule has 1 heterocycles. The van der Waals surface area contributed by atoms with E-state index in [9.17, 15) is 0 Å². The van der Waals surface area contributed by atoms with Crippen LogP contribution in [0, 0.1) is 6.92 Å². The predicted octanol–water partition coefficient (Wildman–Crippen LogP) is 4.79. The van der Waals surface area contributed by atoms with Crippen molar-refractivity contribution in [2.24, 2.45) is 0 Å². The zero-order chi connectivity index (χ0) is 16.7. The fraction of sp³-hybridized carbons (Fsp3) is 0.412. The second-order valence-corrected chi connectivity index (χ2v) is 5.73. The van der Waals surface area contributed by atoms with Crippen molar-refractivity contribution < 1.29 is 4.74 Å². The minimum absolute atomic E-state index is 0.557. The van der Waals surface area contributed by atoms with Crippen LogP contribution in [0.15, 0.2) is 24.3 Å². The number of nitrogens with one attached hydrogen (secondary N) is 2. The first-order chi connectivity index (χ1) is 11.1.